The summed E-state index contributed by atoms with van der Waals surface area (Å²) in [6.45, 7) is 2.53. The maximum atomic E-state index is 12.6. The highest BCUT2D eigenvalue weighted by atomic mass is 79.9. The molecule has 1 aromatic rings. The number of hydrogen-bond donors (Lipinski definition) is 2. The Morgan fingerprint density at radius 3 is 1.67 bits per heavy atom. The fourth-order valence-electron chi connectivity index (χ4n) is 2.91. The van der Waals surface area contributed by atoms with Gasteiger partial charge in [-0.2, -0.15) is 0 Å². The van der Waals surface area contributed by atoms with E-state index in [0.29, 0.717) is 61.7 Å². The molecule has 0 radical (unpaired) electrons. The maximum absolute atomic E-state index is 12.6. The van der Waals surface area contributed by atoms with Crippen LogP contribution in [0.3, 0.4) is 0 Å². The number of primary amides is 1. The molecule has 13 nitrogen and oxygen atoms in total. The molecule has 0 unspecified atom stereocenters. The molecule has 0 saturated carbocycles. The third-order valence-corrected chi connectivity index (χ3v) is 5.74. The quantitative estimate of drug-likeness (QED) is 0.119. The second kappa shape index (κ2) is 16.7. The highest BCUT2D eigenvalue weighted by molar-refractivity contribution is 9.09. The van der Waals surface area contributed by atoms with Crippen molar-refractivity contribution < 1.29 is 38.1 Å². The fraction of sp³-hybridized carbons (Fsp3) is 0.619. The highest BCUT2D eigenvalue weighted by Crippen LogP contribution is 2.23. The maximum Gasteiger partial charge on any atom is 0.282 e. The van der Waals surface area contributed by atoms with Gasteiger partial charge in [0.25, 0.3) is 11.8 Å². The van der Waals surface area contributed by atoms with Crippen LogP contribution in [0.15, 0.2) is 0 Å². The summed E-state index contributed by atoms with van der Waals surface area (Å²) in [6.07, 6.45) is 0.186. The summed E-state index contributed by atoms with van der Waals surface area (Å²) in [5, 5.41) is 3.36. The number of halogens is 2. The first kappa shape index (κ1) is 30.2. The number of nitrogens with two attached hydrogens (primary N) is 1. The Hall–Kier alpha value is -2.04. The summed E-state index contributed by atoms with van der Waals surface area (Å²) in [6, 6.07) is 0. The number of aromatic nitrogens is 2. The molecule has 200 valence electrons. The standard InChI is InChI=1S/C21H29Br2N5O8/c22-11-14-15(12-23)27-19-18(26-14)20(31)28(21(19)32)13-17(30)25-2-4-34-6-8-36-10-9-35-7-5-33-3-1-16(24)29/h1-13H2,(H2,24,29)(H,25,30). The Morgan fingerprint density at radius 1 is 0.778 bits per heavy atom. The van der Waals surface area contributed by atoms with Gasteiger partial charge in [-0.3, -0.25) is 24.1 Å². The van der Waals surface area contributed by atoms with Gasteiger partial charge in [0.2, 0.25) is 11.8 Å². The summed E-state index contributed by atoms with van der Waals surface area (Å²) in [5.41, 5.74) is 6.00. The zero-order valence-electron chi connectivity index (χ0n) is 19.6. The number of carbonyl (C=O) groups is 4. The summed E-state index contributed by atoms with van der Waals surface area (Å²) < 4.78 is 21.2. The van der Waals surface area contributed by atoms with Gasteiger partial charge in [0, 0.05) is 23.6 Å². The molecule has 0 aromatic carbocycles. The second-order valence-electron chi connectivity index (χ2n) is 7.29. The number of imide groups is 1. The van der Waals surface area contributed by atoms with Gasteiger partial charge in [-0.15, -0.1) is 0 Å². The van der Waals surface area contributed by atoms with Crippen molar-refractivity contribution in [2.24, 2.45) is 5.73 Å². The van der Waals surface area contributed by atoms with Crippen LogP contribution in [0.2, 0.25) is 0 Å². The lowest BCUT2D eigenvalue weighted by atomic mass is 10.3. The average molecular weight is 639 g/mol. The van der Waals surface area contributed by atoms with E-state index in [2.05, 4.69) is 47.1 Å². The molecule has 0 spiro atoms. The molecule has 0 saturated heterocycles. The van der Waals surface area contributed by atoms with Crippen molar-refractivity contribution in [1.82, 2.24) is 20.2 Å². The van der Waals surface area contributed by atoms with Crippen molar-refractivity contribution in [2.45, 2.75) is 17.1 Å². The van der Waals surface area contributed by atoms with Crippen LogP contribution >= 0.6 is 31.9 Å². The number of ether oxygens (including phenoxy) is 4. The second-order valence-corrected chi connectivity index (χ2v) is 8.42. The molecule has 15 heteroatoms. The molecule has 0 bridgehead atoms. The number of fused-ring (bicyclic) bond motifs is 1. The minimum atomic E-state index is -0.644. The Morgan fingerprint density at radius 2 is 1.22 bits per heavy atom. The third kappa shape index (κ3) is 9.78. The monoisotopic (exact) mass is 637 g/mol. The summed E-state index contributed by atoms with van der Waals surface area (Å²) in [4.78, 5) is 57.2. The zero-order valence-corrected chi connectivity index (χ0v) is 22.8. The Labute approximate surface area is 225 Å². The van der Waals surface area contributed by atoms with E-state index in [1.165, 1.54) is 0 Å². The minimum absolute atomic E-state index is 0.0470. The summed E-state index contributed by atoms with van der Waals surface area (Å²) >= 11 is 6.58. The zero-order chi connectivity index (χ0) is 26.3. The highest BCUT2D eigenvalue weighted by Gasteiger charge is 2.40. The van der Waals surface area contributed by atoms with E-state index in [9.17, 15) is 19.2 Å². The summed E-state index contributed by atoms with van der Waals surface area (Å²) in [5.74, 6) is -2.19. The number of nitrogens with zero attached hydrogens (tertiary/aromatic N) is 3. The van der Waals surface area contributed by atoms with Crippen LogP contribution in [-0.2, 0) is 39.2 Å². The van der Waals surface area contributed by atoms with Gasteiger partial charge in [0.1, 0.15) is 6.54 Å². The smallest absolute Gasteiger partial charge is 0.282 e. The molecule has 2 heterocycles. The van der Waals surface area contributed by atoms with Crippen molar-refractivity contribution >= 4 is 55.5 Å². The molecule has 0 fully saturated rings. The van der Waals surface area contributed by atoms with Crippen molar-refractivity contribution in [2.75, 3.05) is 65.9 Å². The van der Waals surface area contributed by atoms with Gasteiger partial charge in [-0.05, 0) is 0 Å². The SMILES string of the molecule is NC(=O)CCOCCOCCOCCOCCNC(=O)CN1C(=O)c2nc(CBr)c(CBr)nc2C1=O. The minimum Gasteiger partial charge on any atom is -0.379 e. The predicted octanol–water partition coefficient (Wildman–Crippen LogP) is -0.0796. The molecular formula is C21H29Br2N5O8. The molecule has 3 N–H and O–H groups in total. The van der Waals surface area contributed by atoms with Crippen molar-refractivity contribution in [3.05, 3.63) is 22.8 Å². The van der Waals surface area contributed by atoms with Crippen LogP contribution in [0.1, 0.15) is 38.8 Å². The molecular weight excluding hydrogens is 610 g/mol. The number of hydrogen-bond acceptors (Lipinski definition) is 10. The van der Waals surface area contributed by atoms with Gasteiger partial charge < -0.3 is 30.0 Å². The number of carbonyl (C=O) groups excluding carboxylic acids is 4. The lowest BCUT2D eigenvalue weighted by molar-refractivity contribution is -0.121. The van der Waals surface area contributed by atoms with E-state index < -0.39 is 30.2 Å². The lowest BCUT2D eigenvalue weighted by Crippen LogP contribution is -2.41. The van der Waals surface area contributed by atoms with Crippen molar-refractivity contribution in [3.63, 3.8) is 0 Å². The van der Waals surface area contributed by atoms with Crippen LogP contribution < -0.4 is 11.1 Å². The van der Waals surface area contributed by atoms with Gasteiger partial charge in [0.05, 0.1) is 64.2 Å². The number of rotatable bonds is 19. The van der Waals surface area contributed by atoms with Gasteiger partial charge in [-0.25, -0.2) is 9.97 Å². The first-order chi connectivity index (χ1) is 17.4. The first-order valence-corrected chi connectivity index (χ1v) is 13.4. The molecule has 4 amide bonds. The Balaban J connectivity index is 1.52. The van der Waals surface area contributed by atoms with E-state index in [1.54, 1.807) is 0 Å². The Bertz CT molecular complexity index is 878. The van der Waals surface area contributed by atoms with E-state index in [4.69, 9.17) is 24.7 Å². The predicted molar refractivity (Wildman–Crippen MR) is 133 cm³/mol. The van der Waals surface area contributed by atoms with Gasteiger partial charge >= 0.3 is 0 Å². The Kier molecular flexibility index (Phi) is 14.0. The lowest BCUT2D eigenvalue weighted by Gasteiger charge is -2.13. The van der Waals surface area contributed by atoms with Crippen LogP contribution in [0.25, 0.3) is 0 Å². The molecule has 1 aliphatic rings. The van der Waals surface area contributed by atoms with Crippen molar-refractivity contribution in [1.29, 1.82) is 0 Å². The van der Waals surface area contributed by atoms with Gasteiger partial charge in [-0.1, -0.05) is 31.9 Å². The van der Waals surface area contributed by atoms with Crippen molar-refractivity contribution in [3.8, 4) is 0 Å². The number of amides is 4. The van der Waals surface area contributed by atoms with E-state index in [-0.39, 0.29) is 37.6 Å². The van der Waals surface area contributed by atoms with E-state index in [1.807, 2.05) is 0 Å². The topological polar surface area (TPSA) is 172 Å². The average Bonchev–Trinajstić information content (AvgIpc) is 3.09. The third-order valence-electron chi connectivity index (χ3n) is 4.68. The molecule has 1 aliphatic heterocycles. The molecule has 0 aliphatic carbocycles. The van der Waals surface area contributed by atoms with Crippen LogP contribution in [0, 0.1) is 0 Å². The summed E-state index contributed by atoms with van der Waals surface area (Å²) in [7, 11) is 0. The first-order valence-electron chi connectivity index (χ1n) is 11.1. The van der Waals surface area contributed by atoms with Crippen LogP contribution in [-0.4, -0.2) is 104 Å². The normalized spacial score (nSPS) is 12.8. The largest absolute Gasteiger partial charge is 0.379 e. The van der Waals surface area contributed by atoms with Crippen LogP contribution in [0.4, 0.5) is 0 Å². The molecule has 36 heavy (non-hydrogen) atoms. The fourth-order valence-corrected chi connectivity index (χ4v) is 3.80. The molecule has 1 aromatic heterocycles. The number of alkyl halides is 2. The van der Waals surface area contributed by atoms with E-state index in [0.717, 1.165) is 4.90 Å². The van der Waals surface area contributed by atoms with Crippen LogP contribution in [0.5, 0.6) is 0 Å². The molecule has 0 atom stereocenters. The molecule has 2 rings (SSSR count). The van der Waals surface area contributed by atoms with Gasteiger partial charge in [0.15, 0.2) is 11.4 Å². The number of nitrogens with one attached hydrogen (secondary N) is 1. The van der Waals surface area contributed by atoms with E-state index >= 15 is 0 Å².